The van der Waals surface area contributed by atoms with Crippen LogP contribution in [0.4, 0.5) is 17.5 Å². The Morgan fingerprint density at radius 3 is 2.82 bits per heavy atom. The monoisotopic (exact) mass is 539 g/mol. The van der Waals surface area contributed by atoms with E-state index in [4.69, 9.17) is 26.1 Å². The topological polar surface area (TPSA) is 98.6 Å². The molecule has 1 aromatic carbocycles. The lowest BCUT2D eigenvalue weighted by atomic mass is 9.96. The molecule has 0 radical (unpaired) electrons. The first-order valence-corrected chi connectivity index (χ1v) is 13.8. The van der Waals surface area contributed by atoms with Gasteiger partial charge in [0.2, 0.25) is 5.95 Å². The Balaban J connectivity index is 1.45. The van der Waals surface area contributed by atoms with E-state index in [9.17, 15) is 9.59 Å². The zero-order valence-electron chi connectivity index (χ0n) is 21.9. The maximum Gasteiger partial charge on any atom is 0.293 e. The molecule has 1 unspecified atom stereocenters. The molecule has 3 aromatic rings. The summed E-state index contributed by atoms with van der Waals surface area (Å²) in [7, 11) is 0. The molecule has 2 saturated heterocycles. The highest BCUT2D eigenvalue weighted by Crippen LogP contribution is 2.30. The lowest BCUT2D eigenvalue weighted by molar-refractivity contribution is -0.120. The van der Waals surface area contributed by atoms with Crippen molar-refractivity contribution in [3.63, 3.8) is 0 Å². The Labute approximate surface area is 227 Å². The standard InChI is InChI=1S/C28H34ClN5O4/c1-3-18-6-5-9-33(13-18)28-30-12-23(29)26(32-28)31-21-7-8-24-20(10-21)11-25(38-17-22(35)4-2)27(36)34(24)14-19-15-37-16-19/h7-8,10-12,18-19H,3-6,9,13-17H2,1-2H3,(H,30,31,32). The van der Waals surface area contributed by atoms with Crippen LogP contribution in [0.15, 0.2) is 35.3 Å². The summed E-state index contributed by atoms with van der Waals surface area (Å²) in [5.74, 6) is 2.21. The van der Waals surface area contributed by atoms with Crippen LogP contribution in [0, 0.1) is 11.8 Å². The van der Waals surface area contributed by atoms with E-state index in [1.54, 1.807) is 23.8 Å². The van der Waals surface area contributed by atoms with Crippen LogP contribution in [0.5, 0.6) is 5.75 Å². The van der Waals surface area contributed by atoms with Gasteiger partial charge in [-0.25, -0.2) is 4.98 Å². The summed E-state index contributed by atoms with van der Waals surface area (Å²) in [5, 5.41) is 4.57. The summed E-state index contributed by atoms with van der Waals surface area (Å²) in [6, 6.07) is 7.45. The van der Waals surface area contributed by atoms with Gasteiger partial charge in [0.25, 0.3) is 5.56 Å². The van der Waals surface area contributed by atoms with E-state index >= 15 is 0 Å². The zero-order chi connectivity index (χ0) is 26.6. The number of halogens is 1. The number of benzene rings is 1. The van der Waals surface area contributed by atoms with E-state index in [-0.39, 0.29) is 29.6 Å². The van der Waals surface area contributed by atoms with Crippen molar-refractivity contribution in [1.29, 1.82) is 0 Å². The van der Waals surface area contributed by atoms with Gasteiger partial charge in [0.1, 0.15) is 11.6 Å². The normalized spacial score (nSPS) is 17.9. The van der Waals surface area contributed by atoms with Gasteiger partial charge in [-0.15, -0.1) is 0 Å². The molecule has 4 heterocycles. The molecule has 0 saturated carbocycles. The fourth-order valence-electron chi connectivity index (χ4n) is 4.95. The molecule has 1 atom stereocenters. The summed E-state index contributed by atoms with van der Waals surface area (Å²) in [5.41, 5.74) is 1.31. The van der Waals surface area contributed by atoms with E-state index in [0.717, 1.165) is 42.5 Å². The number of rotatable bonds is 10. The Morgan fingerprint density at radius 2 is 2.08 bits per heavy atom. The van der Waals surface area contributed by atoms with Crippen molar-refractivity contribution < 1.29 is 14.3 Å². The molecule has 0 spiro atoms. The Hall–Kier alpha value is -3.17. The molecule has 1 N–H and O–H groups in total. The smallest absolute Gasteiger partial charge is 0.293 e. The molecular formula is C28H34ClN5O4. The second kappa shape index (κ2) is 11.7. The molecule has 0 bridgehead atoms. The van der Waals surface area contributed by atoms with Crippen LogP contribution >= 0.6 is 11.6 Å². The minimum Gasteiger partial charge on any atom is -0.480 e. The lowest BCUT2D eigenvalue weighted by Crippen LogP contribution is -2.36. The van der Waals surface area contributed by atoms with Gasteiger partial charge in [0, 0.05) is 43.0 Å². The number of fused-ring (bicyclic) bond motifs is 1. The number of carbonyl (C=O) groups is 1. The minimum atomic E-state index is -0.246. The van der Waals surface area contributed by atoms with Crippen LogP contribution < -0.4 is 20.5 Å². The second-order valence-corrected chi connectivity index (χ2v) is 10.5. The molecule has 2 fully saturated rings. The van der Waals surface area contributed by atoms with E-state index in [2.05, 4.69) is 22.1 Å². The maximum atomic E-state index is 13.2. The molecule has 38 heavy (non-hydrogen) atoms. The summed E-state index contributed by atoms with van der Waals surface area (Å²) >= 11 is 6.48. The number of ketones is 1. The van der Waals surface area contributed by atoms with Gasteiger partial charge in [-0.3, -0.25) is 9.59 Å². The number of nitrogens with zero attached hydrogens (tertiary/aromatic N) is 4. The molecule has 0 amide bonds. The van der Waals surface area contributed by atoms with Crippen molar-refractivity contribution >= 4 is 45.7 Å². The molecular weight excluding hydrogens is 506 g/mol. The highest BCUT2D eigenvalue weighted by molar-refractivity contribution is 6.32. The molecule has 0 aliphatic carbocycles. The number of aromatic nitrogens is 3. The van der Waals surface area contributed by atoms with Gasteiger partial charge >= 0.3 is 0 Å². The number of hydrogen-bond acceptors (Lipinski definition) is 8. The average molecular weight is 540 g/mol. The Kier molecular flexibility index (Phi) is 8.14. The maximum absolute atomic E-state index is 13.2. The summed E-state index contributed by atoms with van der Waals surface area (Å²) in [6.07, 6.45) is 5.50. The van der Waals surface area contributed by atoms with Crippen molar-refractivity contribution in [2.45, 2.75) is 46.1 Å². The van der Waals surface area contributed by atoms with Crippen LogP contribution in [-0.4, -0.2) is 53.2 Å². The van der Waals surface area contributed by atoms with Gasteiger partial charge in [0.05, 0.1) is 24.9 Å². The van der Waals surface area contributed by atoms with Gasteiger partial charge in [0.15, 0.2) is 17.4 Å². The predicted molar refractivity (Wildman–Crippen MR) is 149 cm³/mol. The molecule has 202 valence electrons. The molecule has 2 aliphatic heterocycles. The van der Waals surface area contributed by atoms with E-state index in [0.29, 0.717) is 48.9 Å². The second-order valence-electron chi connectivity index (χ2n) is 10.1. The van der Waals surface area contributed by atoms with E-state index < -0.39 is 0 Å². The molecule has 9 nitrogen and oxygen atoms in total. The molecule has 5 rings (SSSR count). The van der Waals surface area contributed by atoms with Crippen molar-refractivity contribution in [2.75, 3.05) is 43.1 Å². The number of nitrogens with one attached hydrogen (secondary N) is 1. The van der Waals surface area contributed by atoms with Crippen molar-refractivity contribution in [3.8, 4) is 5.75 Å². The fourth-order valence-corrected chi connectivity index (χ4v) is 5.08. The number of hydrogen-bond donors (Lipinski definition) is 1. The number of pyridine rings is 1. The Morgan fingerprint density at radius 1 is 1.24 bits per heavy atom. The van der Waals surface area contributed by atoms with E-state index in [1.807, 2.05) is 18.2 Å². The zero-order valence-corrected chi connectivity index (χ0v) is 22.7. The van der Waals surface area contributed by atoms with E-state index in [1.165, 1.54) is 6.42 Å². The van der Waals surface area contributed by atoms with Crippen LogP contribution in [0.2, 0.25) is 5.02 Å². The van der Waals surface area contributed by atoms with Crippen molar-refractivity contribution in [1.82, 2.24) is 14.5 Å². The third-order valence-electron chi connectivity index (χ3n) is 7.37. The average Bonchev–Trinajstić information content (AvgIpc) is 2.91. The van der Waals surface area contributed by atoms with Gasteiger partial charge in [-0.2, -0.15) is 4.98 Å². The van der Waals surface area contributed by atoms with Crippen LogP contribution in [0.3, 0.4) is 0 Å². The largest absolute Gasteiger partial charge is 0.480 e. The number of carbonyl (C=O) groups excluding carboxylic acids is 1. The van der Waals surface area contributed by atoms with Crippen LogP contribution in [-0.2, 0) is 16.1 Å². The first-order valence-electron chi connectivity index (χ1n) is 13.4. The molecule has 10 heteroatoms. The molecule has 2 aliphatic rings. The third kappa shape index (κ3) is 5.78. The molecule has 2 aromatic heterocycles. The van der Waals surface area contributed by atoms with Crippen LogP contribution in [0.25, 0.3) is 10.9 Å². The fraction of sp³-hybridized carbons (Fsp3) is 0.500. The number of piperidine rings is 1. The van der Waals surface area contributed by atoms with Gasteiger partial charge in [-0.1, -0.05) is 31.9 Å². The SMILES string of the molecule is CCC(=O)COc1cc2cc(Nc3nc(N4CCCC(CC)C4)ncc3Cl)ccc2n(CC2COC2)c1=O. The lowest BCUT2D eigenvalue weighted by Gasteiger charge is -2.32. The quantitative estimate of drug-likeness (QED) is 0.391. The summed E-state index contributed by atoms with van der Waals surface area (Å²) < 4.78 is 12.7. The Bertz CT molecular complexity index is 1370. The number of Topliss-reactive ketones (excluding diaryl/α,β-unsaturated/α-hetero) is 1. The third-order valence-corrected chi connectivity index (χ3v) is 7.64. The number of ether oxygens (including phenoxy) is 2. The van der Waals surface area contributed by atoms with Crippen molar-refractivity contribution in [3.05, 3.63) is 45.8 Å². The summed E-state index contributed by atoms with van der Waals surface area (Å²) in [6.45, 7) is 7.51. The predicted octanol–water partition coefficient (Wildman–Crippen LogP) is 4.82. The minimum absolute atomic E-state index is 0.0629. The number of anilines is 3. The highest BCUT2D eigenvalue weighted by Gasteiger charge is 2.23. The summed E-state index contributed by atoms with van der Waals surface area (Å²) in [4.78, 5) is 36.6. The first kappa shape index (κ1) is 26.4. The van der Waals surface area contributed by atoms with Gasteiger partial charge in [-0.05, 0) is 43.0 Å². The highest BCUT2D eigenvalue weighted by atomic mass is 35.5. The van der Waals surface area contributed by atoms with Gasteiger partial charge < -0.3 is 24.3 Å². The van der Waals surface area contributed by atoms with Crippen LogP contribution in [0.1, 0.15) is 39.5 Å². The first-order chi connectivity index (χ1) is 18.4. The van der Waals surface area contributed by atoms with Crippen molar-refractivity contribution in [2.24, 2.45) is 11.8 Å².